The summed E-state index contributed by atoms with van der Waals surface area (Å²) in [6.45, 7) is 10.1. The lowest BCUT2D eigenvalue weighted by Crippen LogP contribution is -2.62. The summed E-state index contributed by atoms with van der Waals surface area (Å²) >= 11 is 0. The standard InChI is InChI=1S/C16H25N3/c1-12-5-4-8-17-14(12)9-19-10-15(13-6-7-13)18-11-16(19,2)3/h4-5,8,13,15,18H,6-7,9-11H2,1-3H3. The van der Waals surface area contributed by atoms with Crippen LogP contribution in [-0.4, -0.2) is 34.6 Å². The molecule has 1 aliphatic heterocycles. The molecule has 0 amide bonds. The van der Waals surface area contributed by atoms with Gasteiger partial charge >= 0.3 is 0 Å². The van der Waals surface area contributed by atoms with Gasteiger partial charge < -0.3 is 5.32 Å². The topological polar surface area (TPSA) is 28.2 Å². The van der Waals surface area contributed by atoms with Gasteiger partial charge in [-0.2, -0.15) is 0 Å². The van der Waals surface area contributed by atoms with E-state index in [2.05, 4.69) is 42.0 Å². The average Bonchev–Trinajstić information content (AvgIpc) is 3.18. The summed E-state index contributed by atoms with van der Waals surface area (Å²) < 4.78 is 0. The number of pyridine rings is 1. The number of aryl methyl sites for hydroxylation is 1. The van der Waals surface area contributed by atoms with Gasteiger partial charge in [0.25, 0.3) is 0 Å². The molecule has 2 heterocycles. The Bertz CT molecular complexity index is 451. The van der Waals surface area contributed by atoms with Crippen LogP contribution in [0.1, 0.15) is 37.9 Å². The second-order valence-corrected chi connectivity index (χ2v) is 6.78. The fraction of sp³-hybridized carbons (Fsp3) is 0.688. The van der Waals surface area contributed by atoms with Crippen LogP contribution in [0.5, 0.6) is 0 Å². The Morgan fingerprint density at radius 2 is 2.21 bits per heavy atom. The van der Waals surface area contributed by atoms with E-state index in [0.717, 1.165) is 25.6 Å². The van der Waals surface area contributed by atoms with Gasteiger partial charge in [-0.15, -0.1) is 0 Å². The van der Waals surface area contributed by atoms with Crippen molar-refractivity contribution in [3.63, 3.8) is 0 Å². The number of hydrogen-bond donors (Lipinski definition) is 1. The largest absolute Gasteiger partial charge is 0.311 e. The van der Waals surface area contributed by atoms with E-state index in [1.165, 1.54) is 24.1 Å². The van der Waals surface area contributed by atoms with Gasteiger partial charge in [-0.3, -0.25) is 9.88 Å². The van der Waals surface area contributed by atoms with Crippen molar-refractivity contribution in [2.24, 2.45) is 5.92 Å². The van der Waals surface area contributed by atoms with Gasteiger partial charge in [0, 0.05) is 37.4 Å². The van der Waals surface area contributed by atoms with Gasteiger partial charge in [0.05, 0.1) is 5.69 Å². The normalized spacial score (nSPS) is 27.4. The molecule has 1 saturated heterocycles. The van der Waals surface area contributed by atoms with Crippen molar-refractivity contribution in [3.8, 4) is 0 Å². The van der Waals surface area contributed by atoms with Crippen LogP contribution >= 0.6 is 0 Å². The fourth-order valence-corrected chi connectivity index (χ4v) is 3.00. The zero-order chi connectivity index (χ0) is 13.5. The molecule has 0 radical (unpaired) electrons. The molecular formula is C16H25N3. The molecular weight excluding hydrogens is 234 g/mol. The van der Waals surface area contributed by atoms with Crippen molar-refractivity contribution in [2.75, 3.05) is 13.1 Å². The molecule has 2 fully saturated rings. The molecule has 1 aliphatic carbocycles. The lowest BCUT2D eigenvalue weighted by Gasteiger charge is -2.46. The van der Waals surface area contributed by atoms with Crippen molar-refractivity contribution < 1.29 is 0 Å². The van der Waals surface area contributed by atoms with Crippen LogP contribution in [0.15, 0.2) is 18.3 Å². The van der Waals surface area contributed by atoms with E-state index < -0.39 is 0 Å². The summed E-state index contributed by atoms with van der Waals surface area (Å²) in [5, 5.41) is 3.74. The third-order valence-electron chi connectivity index (χ3n) is 4.72. The molecule has 0 spiro atoms. The van der Waals surface area contributed by atoms with E-state index in [0.29, 0.717) is 6.04 Å². The van der Waals surface area contributed by atoms with E-state index in [1.54, 1.807) is 0 Å². The molecule has 0 bridgehead atoms. The number of nitrogens with zero attached hydrogens (tertiary/aromatic N) is 2. The third-order valence-corrected chi connectivity index (χ3v) is 4.72. The maximum absolute atomic E-state index is 4.56. The maximum atomic E-state index is 4.56. The van der Waals surface area contributed by atoms with Gasteiger partial charge in [-0.1, -0.05) is 6.07 Å². The first kappa shape index (κ1) is 13.1. The Hall–Kier alpha value is -0.930. The van der Waals surface area contributed by atoms with E-state index in [4.69, 9.17) is 0 Å². The number of rotatable bonds is 3. The monoisotopic (exact) mass is 259 g/mol. The van der Waals surface area contributed by atoms with Crippen LogP contribution in [0, 0.1) is 12.8 Å². The van der Waals surface area contributed by atoms with Gasteiger partial charge in [0.1, 0.15) is 0 Å². The lowest BCUT2D eigenvalue weighted by molar-refractivity contribution is 0.0521. The van der Waals surface area contributed by atoms with Gasteiger partial charge in [-0.25, -0.2) is 0 Å². The van der Waals surface area contributed by atoms with E-state index in [9.17, 15) is 0 Å². The Labute approximate surface area is 116 Å². The Kier molecular flexibility index (Phi) is 3.35. The van der Waals surface area contributed by atoms with Crippen molar-refractivity contribution in [1.29, 1.82) is 0 Å². The van der Waals surface area contributed by atoms with Gasteiger partial charge in [0.15, 0.2) is 0 Å². The summed E-state index contributed by atoms with van der Waals surface area (Å²) in [7, 11) is 0. The minimum Gasteiger partial charge on any atom is -0.311 e. The molecule has 1 aromatic heterocycles. The Morgan fingerprint density at radius 1 is 1.42 bits per heavy atom. The zero-order valence-electron chi connectivity index (χ0n) is 12.3. The SMILES string of the molecule is Cc1cccnc1CN1CC(C2CC2)NCC1(C)C. The molecule has 2 aliphatic rings. The highest BCUT2D eigenvalue weighted by Crippen LogP contribution is 2.36. The molecule has 1 saturated carbocycles. The van der Waals surface area contributed by atoms with Crippen LogP contribution in [0.2, 0.25) is 0 Å². The number of aromatic nitrogens is 1. The molecule has 1 aromatic rings. The van der Waals surface area contributed by atoms with Crippen molar-refractivity contribution in [1.82, 2.24) is 15.2 Å². The van der Waals surface area contributed by atoms with E-state index >= 15 is 0 Å². The highest BCUT2D eigenvalue weighted by Gasteiger charge is 2.40. The number of piperazine rings is 1. The molecule has 0 aromatic carbocycles. The van der Waals surface area contributed by atoms with Crippen molar-refractivity contribution >= 4 is 0 Å². The highest BCUT2D eigenvalue weighted by molar-refractivity contribution is 5.18. The molecule has 3 nitrogen and oxygen atoms in total. The summed E-state index contributed by atoms with van der Waals surface area (Å²) in [4.78, 5) is 7.17. The predicted octanol–water partition coefficient (Wildman–Crippen LogP) is 2.35. The van der Waals surface area contributed by atoms with E-state index in [1.807, 2.05) is 12.3 Å². The Balaban J connectivity index is 1.74. The first-order valence-electron chi connectivity index (χ1n) is 7.45. The summed E-state index contributed by atoms with van der Waals surface area (Å²) in [6.07, 6.45) is 4.74. The molecule has 3 heteroatoms. The molecule has 1 unspecified atom stereocenters. The smallest absolute Gasteiger partial charge is 0.0573 e. The van der Waals surface area contributed by atoms with Gasteiger partial charge in [-0.05, 0) is 51.2 Å². The van der Waals surface area contributed by atoms with Gasteiger partial charge in [0.2, 0.25) is 0 Å². The molecule has 3 rings (SSSR count). The van der Waals surface area contributed by atoms with E-state index in [-0.39, 0.29) is 5.54 Å². The number of hydrogen-bond acceptors (Lipinski definition) is 3. The quantitative estimate of drug-likeness (QED) is 0.903. The molecule has 1 atom stereocenters. The Morgan fingerprint density at radius 3 is 2.89 bits per heavy atom. The fourth-order valence-electron chi connectivity index (χ4n) is 3.00. The molecule has 1 N–H and O–H groups in total. The van der Waals surface area contributed by atoms with Crippen LogP contribution < -0.4 is 5.32 Å². The molecule has 19 heavy (non-hydrogen) atoms. The maximum Gasteiger partial charge on any atom is 0.0573 e. The second-order valence-electron chi connectivity index (χ2n) is 6.78. The number of nitrogens with one attached hydrogen (secondary N) is 1. The average molecular weight is 259 g/mol. The summed E-state index contributed by atoms with van der Waals surface area (Å²) in [6, 6.07) is 4.88. The minimum absolute atomic E-state index is 0.218. The minimum atomic E-state index is 0.218. The zero-order valence-corrected chi connectivity index (χ0v) is 12.3. The first-order chi connectivity index (χ1) is 9.06. The summed E-state index contributed by atoms with van der Waals surface area (Å²) in [5.74, 6) is 0.920. The van der Waals surface area contributed by atoms with Crippen LogP contribution in [0.4, 0.5) is 0 Å². The van der Waals surface area contributed by atoms with Crippen molar-refractivity contribution in [3.05, 3.63) is 29.6 Å². The lowest BCUT2D eigenvalue weighted by atomic mass is 9.95. The first-order valence-corrected chi connectivity index (χ1v) is 7.45. The van der Waals surface area contributed by atoms with Crippen LogP contribution in [0.25, 0.3) is 0 Å². The second kappa shape index (κ2) is 4.88. The third kappa shape index (κ3) is 2.82. The molecule has 104 valence electrons. The van der Waals surface area contributed by atoms with Crippen molar-refractivity contribution in [2.45, 2.75) is 51.7 Å². The predicted molar refractivity (Wildman–Crippen MR) is 78.0 cm³/mol. The van der Waals surface area contributed by atoms with Crippen LogP contribution in [-0.2, 0) is 6.54 Å². The highest BCUT2D eigenvalue weighted by atomic mass is 15.3. The van der Waals surface area contributed by atoms with Crippen LogP contribution in [0.3, 0.4) is 0 Å². The summed E-state index contributed by atoms with van der Waals surface area (Å²) in [5.41, 5.74) is 2.75.